The van der Waals surface area contributed by atoms with Gasteiger partial charge in [-0.1, -0.05) is 86.6 Å². The summed E-state index contributed by atoms with van der Waals surface area (Å²) in [5, 5.41) is 6.69. The van der Waals surface area contributed by atoms with Crippen LogP contribution in [0.5, 0.6) is 5.75 Å². The average molecular weight is 527 g/mol. The van der Waals surface area contributed by atoms with Crippen LogP contribution in [0.2, 0.25) is 0 Å². The Kier molecular flexibility index (Phi) is 10.1. The maximum absolute atomic E-state index is 13.2. The number of para-hydroxylation sites is 1. The molecule has 0 saturated carbocycles. The van der Waals surface area contributed by atoms with Crippen molar-refractivity contribution in [1.29, 1.82) is 0 Å². The highest BCUT2D eigenvalue weighted by Gasteiger charge is 2.37. The molecule has 1 aliphatic carbocycles. The molecular formula is C33H38N2O4. The number of amides is 1. The number of esters is 1. The highest BCUT2D eigenvalue weighted by atomic mass is 16.5. The molecule has 1 amide bonds. The van der Waals surface area contributed by atoms with Crippen LogP contribution < -0.4 is 15.4 Å². The minimum absolute atomic E-state index is 0.0122. The van der Waals surface area contributed by atoms with E-state index in [0.29, 0.717) is 24.3 Å². The second kappa shape index (κ2) is 13.9. The van der Waals surface area contributed by atoms with Crippen molar-refractivity contribution in [2.75, 3.05) is 0 Å². The van der Waals surface area contributed by atoms with Gasteiger partial charge in [0.1, 0.15) is 5.75 Å². The van der Waals surface area contributed by atoms with E-state index < -0.39 is 12.1 Å². The van der Waals surface area contributed by atoms with E-state index in [9.17, 15) is 9.59 Å². The molecule has 0 bridgehead atoms. The molecule has 0 aliphatic heterocycles. The molecule has 1 aliphatic rings. The predicted octanol–water partition coefficient (Wildman–Crippen LogP) is 5.83. The number of benzene rings is 3. The highest BCUT2D eigenvalue weighted by Crippen LogP contribution is 2.27. The molecule has 0 spiro atoms. The summed E-state index contributed by atoms with van der Waals surface area (Å²) in [6.45, 7) is 6.24. The van der Waals surface area contributed by atoms with Crippen molar-refractivity contribution in [3.63, 3.8) is 0 Å². The van der Waals surface area contributed by atoms with Crippen molar-refractivity contribution in [2.24, 2.45) is 0 Å². The molecule has 204 valence electrons. The first-order valence-corrected chi connectivity index (χ1v) is 13.7. The standard InChI is InChI=1S/C33H38N2O4/c1-4-28(5-2)38-31-21-27(33(37)39-29-14-10-7-11-15-29)20-30(32(31)35-23(3)36)34-22-24-16-18-26(19-17-24)25-12-8-6-9-13-25/h6-19,21,28,30-32,34H,4-5,20,22H2,1-3H3,(H,35,36)/t30-,31+,32+/m0/s1. The summed E-state index contributed by atoms with van der Waals surface area (Å²) in [6.07, 6.45) is 3.45. The van der Waals surface area contributed by atoms with Gasteiger partial charge in [0.2, 0.25) is 5.91 Å². The number of carbonyl (C=O) groups excluding carboxylic acids is 2. The first kappa shape index (κ1) is 28.3. The summed E-state index contributed by atoms with van der Waals surface area (Å²) in [5.74, 6) is -0.0478. The first-order chi connectivity index (χ1) is 19.0. The Labute approximate surface area is 231 Å². The lowest BCUT2D eigenvalue weighted by Gasteiger charge is -2.39. The maximum Gasteiger partial charge on any atom is 0.339 e. The number of rotatable bonds is 11. The zero-order valence-corrected chi connectivity index (χ0v) is 22.9. The molecule has 3 aromatic rings. The summed E-state index contributed by atoms with van der Waals surface area (Å²) in [6, 6.07) is 27.2. The van der Waals surface area contributed by atoms with Crippen LogP contribution in [-0.4, -0.2) is 36.2 Å². The molecular weight excluding hydrogens is 488 g/mol. The first-order valence-electron chi connectivity index (χ1n) is 13.7. The fourth-order valence-electron chi connectivity index (χ4n) is 4.91. The third kappa shape index (κ3) is 7.88. The SMILES string of the molecule is CCC(CC)O[C@@H]1C=C(C(=O)Oc2ccccc2)C[C@H](NCc2ccc(-c3ccccc3)cc2)[C@H]1NC(C)=O. The summed E-state index contributed by atoms with van der Waals surface area (Å²) in [7, 11) is 0. The zero-order valence-electron chi connectivity index (χ0n) is 22.9. The lowest BCUT2D eigenvalue weighted by atomic mass is 9.87. The Morgan fingerprint density at radius 2 is 1.49 bits per heavy atom. The molecule has 0 fully saturated rings. The quantitative estimate of drug-likeness (QED) is 0.243. The molecule has 2 N–H and O–H groups in total. The third-order valence-corrected chi connectivity index (χ3v) is 7.07. The van der Waals surface area contributed by atoms with E-state index in [4.69, 9.17) is 9.47 Å². The number of carbonyl (C=O) groups is 2. The van der Waals surface area contributed by atoms with E-state index in [0.717, 1.165) is 24.0 Å². The summed E-state index contributed by atoms with van der Waals surface area (Å²) < 4.78 is 12.1. The van der Waals surface area contributed by atoms with Crippen molar-refractivity contribution in [3.8, 4) is 16.9 Å². The van der Waals surface area contributed by atoms with Gasteiger partial charge in [-0.25, -0.2) is 4.79 Å². The third-order valence-electron chi connectivity index (χ3n) is 7.07. The van der Waals surface area contributed by atoms with Gasteiger partial charge < -0.3 is 20.1 Å². The van der Waals surface area contributed by atoms with Gasteiger partial charge in [-0.15, -0.1) is 0 Å². The number of hydrogen-bond acceptors (Lipinski definition) is 5. The Balaban J connectivity index is 1.54. The highest BCUT2D eigenvalue weighted by molar-refractivity contribution is 5.90. The molecule has 3 atom stereocenters. The molecule has 6 heteroatoms. The second-order valence-corrected chi connectivity index (χ2v) is 9.91. The summed E-state index contributed by atoms with van der Waals surface area (Å²) >= 11 is 0. The van der Waals surface area contributed by atoms with Gasteiger partial charge in [0, 0.05) is 25.1 Å². The topological polar surface area (TPSA) is 76.7 Å². The molecule has 0 unspecified atom stereocenters. The van der Waals surface area contributed by atoms with Crippen LogP contribution in [0, 0.1) is 0 Å². The fourth-order valence-corrected chi connectivity index (χ4v) is 4.91. The molecule has 0 radical (unpaired) electrons. The van der Waals surface area contributed by atoms with Gasteiger partial charge in [0.25, 0.3) is 0 Å². The van der Waals surface area contributed by atoms with Crippen molar-refractivity contribution >= 4 is 11.9 Å². The molecule has 0 heterocycles. The lowest BCUT2D eigenvalue weighted by Crippen LogP contribution is -2.58. The Morgan fingerprint density at radius 3 is 2.10 bits per heavy atom. The molecule has 0 aromatic heterocycles. The minimum atomic E-state index is -0.469. The van der Waals surface area contributed by atoms with Gasteiger partial charge in [0.15, 0.2) is 0 Å². The van der Waals surface area contributed by atoms with E-state index in [1.807, 2.05) is 42.5 Å². The lowest BCUT2D eigenvalue weighted by molar-refractivity contribution is -0.130. The zero-order chi connectivity index (χ0) is 27.6. The van der Waals surface area contributed by atoms with Crippen LogP contribution in [-0.2, 0) is 20.9 Å². The molecule has 4 rings (SSSR count). The van der Waals surface area contributed by atoms with E-state index in [-0.39, 0.29) is 24.1 Å². The van der Waals surface area contributed by atoms with Crippen LogP contribution in [0.3, 0.4) is 0 Å². The van der Waals surface area contributed by atoms with Gasteiger partial charge in [-0.2, -0.15) is 0 Å². The average Bonchev–Trinajstić information content (AvgIpc) is 2.96. The van der Waals surface area contributed by atoms with Crippen molar-refractivity contribution in [2.45, 2.75) is 70.9 Å². The number of hydrogen-bond donors (Lipinski definition) is 2. The maximum atomic E-state index is 13.2. The second-order valence-electron chi connectivity index (χ2n) is 9.91. The Bertz CT molecular complexity index is 1240. The van der Waals surface area contributed by atoms with Crippen LogP contribution in [0.25, 0.3) is 11.1 Å². The molecule has 6 nitrogen and oxygen atoms in total. The summed E-state index contributed by atoms with van der Waals surface area (Å²) in [4.78, 5) is 25.4. The molecule has 0 saturated heterocycles. The van der Waals surface area contributed by atoms with Crippen molar-refractivity contribution < 1.29 is 19.1 Å². The number of nitrogens with one attached hydrogen (secondary N) is 2. The van der Waals surface area contributed by atoms with E-state index in [1.165, 1.54) is 12.5 Å². The van der Waals surface area contributed by atoms with Gasteiger partial charge in [0.05, 0.1) is 18.2 Å². The van der Waals surface area contributed by atoms with Crippen LogP contribution in [0.15, 0.2) is 96.6 Å². The smallest absolute Gasteiger partial charge is 0.339 e. The molecule has 39 heavy (non-hydrogen) atoms. The fraction of sp³-hybridized carbons (Fsp3) is 0.333. The van der Waals surface area contributed by atoms with E-state index in [1.54, 1.807) is 12.1 Å². The van der Waals surface area contributed by atoms with Crippen molar-refractivity contribution in [1.82, 2.24) is 10.6 Å². The van der Waals surface area contributed by atoms with E-state index >= 15 is 0 Å². The van der Waals surface area contributed by atoms with Crippen LogP contribution in [0.4, 0.5) is 0 Å². The van der Waals surface area contributed by atoms with E-state index in [2.05, 4.69) is 60.9 Å². The number of ether oxygens (including phenoxy) is 2. The Hall–Kier alpha value is -3.74. The van der Waals surface area contributed by atoms with Crippen molar-refractivity contribution in [3.05, 3.63) is 102 Å². The van der Waals surface area contributed by atoms with Gasteiger partial charge in [-0.05, 0) is 54.2 Å². The molecule has 3 aromatic carbocycles. The van der Waals surface area contributed by atoms with Crippen LogP contribution >= 0.6 is 0 Å². The largest absolute Gasteiger partial charge is 0.423 e. The Morgan fingerprint density at radius 1 is 0.872 bits per heavy atom. The van der Waals surface area contributed by atoms with Crippen LogP contribution in [0.1, 0.15) is 45.6 Å². The summed E-state index contributed by atoms with van der Waals surface area (Å²) in [5.41, 5.74) is 3.97. The normalized spacial score (nSPS) is 18.9. The van der Waals surface area contributed by atoms with Gasteiger partial charge >= 0.3 is 5.97 Å². The van der Waals surface area contributed by atoms with Gasteiger partial charge in [-0.3, -0.25) is 4.79 Å². The predicted molar refractivity (Wildman–Crippen MR) is 154 cm³/mol. The monoisotopic (exact) mass is 526 g/mol. The minimum Gasteiger partial charge on any atom is -0.423 e.